The van der Waals surface area contributed by atoms with E-state index in [2.05, 4.69) is 15.9 Å². The molecule has 0 fully saturated rings. The van der Waals surface area contributed by atoms with Crippen LogP contribution in [0.25, 0.3) is 0 Å². The Morgan fingerprint density at radius 1 is 1.19 bits per heavy atom. The maximum Gasteiger partial charge on any atom is 0.243 e. The average Bonchev–Trinajstić information content (AvgIpc) is 2.43. The van der Waals surface area contributed by atoms with Gasteiger partial charge in [-0.25, -0.2) is 8.42 Å². The fourth-order valence-corrected chi connectivity index (χ4v) is 3.42. The van der Waals surface area contributed by atoms with Crippen LogP contribution in [0, 0.1) is 0 Å². The van der Waals surface area contributed by atoms with Crippen molar-refractivity contribution >= 4 is 43.2 Å². The zero-order chi connectivity index (χ0) is 15.6. The Hall–Kier alpha value is -1.08. The third kappa shape index (κ3) is 3.77. The minimum absolute atomic E-state index is 0.155. The van der Waals surface area contributed by atoms with Crippen molar-refractivity contribution in [3.8, 4) is 0 Å². The number of halogens is 2. The van der Waals surface area contributed by atoms with Crippen molar-refractivity contribution in [2.75, 3.05) is 12.8 Å². The van der Waals surface area contributed by atoms with Crippen LogP contribution in [-0.2, 0) is 16.6 Å². The van der Waals surface area contributed by atoms with Gasteiger partial charge in [0.15, 0.2) is 0 Å². The summed E-state index contributed by atoms with van der Waals surface area (Å²) in [5, 5.41) is 0.488. The van der Waals surface area contributed by atoms with Gasteiger partial charge in [0.25, 0.3) is 0 Å². The first-order valence-electron chi connectivity index (χ1n) is 6.06. The second-order valence-corrected chi connectivity index (χ2v) is 7.93. The lowest BCUT2D eigenvalue weighted by atomic mass is 10.2. The van der Waals surface area contributed by atoms with E-state index < -0.39 is 10.0 Å². The lowest BCUT2D eigenvalue weighted by Gasteiger charge is -2.18. The van der Waals surface area contributed by atoms with Crippen molar-refractivity contribution in [3.63, 3.8) is 0 Å². The standard InChI is InChI=1S/C14H14BrClN2O2S/c1-18(9-10-8-12(17)4-7-14(10)16)21(19,20)13-5-2-11(15)3-6-13/h2-8H,9,17H2,1H3. The lowest BCUT2D eigenvalue weighted by Crippen LogP contribution is -2.26. The van der Waals surface area contributed by atoms with Crippen LogP contribution < -0.4 is 5.73 Å². The Kier molecular flexibility index (Phi) is 4.93. The van der Waals surface area contributed by atoms with Crippen molar-refractivity contribution in [2.45, 2.75) is 11.4 Å². The van der Waals surface area contributed by atoms with E-state index in [-0.39, 0.29) is 11.4 Å². The van der Waals surface area contributed by atoms with Gasteiger partial charge < -0.3 is 5.73 Å². The smallest absolute Gasteiger partial charge is 0.243 e. The Bertz CT molecular complexity index is 748. The Balaban J connectivity index is 2.28. The van der Waals surface area contributed by atoms with Gasteiger partial charge in [-0.1, -0.05) is 27.5 Å². The van der Waals surface area contributed by atoms with Gasteiger partial charge in [-0.15, -0.1) is 0 Å². The zero-order valence-electron chi connectivity index (χ0n) is 11.3. The minimum atomic E-state index is -3.57. The molecule has 4 nitrogen and oxygen atoms in total. The molecule has 0 amide bonds. The third-order valence-corrected chi connectivity index (χ3v) is 5.70. The summed E-state index contributed by atoms with van der Waals surface area (Å²) in [6.07, 6.45) is 0. The van der Waals surface area contributed by atoms with E-state index in [1.807, 2.05) is 0 Å². The maximum atomic E-state index is 12.5. The molecule has 0 aromatic heterocycles. The van der Waals surface area contributed by atoms with Gasteiger partial charge in [0, 0.05) is 28.8 Å². The number of nitrogen functional groups attached to an aromatic ring is 1. The molecule has 0 atom stereocenters. The van der Waals surface area contributed by atoms with Crippen molar-refractivity contribution in [1.82, 2.24) is 4.31 Å². The van der Waals surface area contributed by atoms with Crippen LogP contribution in [0.3, 0.4) is 0 Å². The maximum absolute atomic E-state index is 12.5. The molecule has 0 aliphatic rings. The summed E-state index contributed by atoms with van der Waals surface area (Å²) in [6.45, 7) is 0.155. The number of anilines is 1. The zero-order valence-corrected chi connectivity index (χ0v) is 14.4. The monoisotopic (exact) mass is 388 g/mol. The topological polar surface area (TPSA) is 63.4 Å². The molecule has 0 aliphatic heterocycles. The molecule has 0 saturated carbocycles. The quantitative estimate of drug-likeness (QED) is 0.814. The highest BCUT2D eigenvalue weighted by Gasteiger charge is 2.21. The van der Waals surface area contributed by atoms with Crippen LogP contribution in [0.2, 0.25) is 5.02 Å². The molecule has 21 heavy (non-hydrogen) atoms. The molecule has 2 rings (SSSR count). The number of benzene rings is 2. The number of hydrogen-bond acceptors (Lipinski definition) is 3. The molecule has 0 saturated heterocycles. The van der Waals surface area contributed by atoms with Gasteiger partial charge in [-0.05, 0) is 48.0 Å². The number of nitrogens with two attached hydrogens (primary N) is 1. The first-order chi connectivity index (χ1) is 9.80. The van der Waals surface area contributed by atoms with E-state index in [4.69, 9.17) is 17.3 Å². The van der Waals surface area contributed by atoms with Gasteiger partial charge in [0.05, 0.1) is 4.90 Å². The molecule has 2 aromatic carbocycles. The molecular formula is C14H14BrClN2O2S. The van der Waals surface area contributed by atoms with Crippen LogP contribution in [0.5, 0.6) is 0 Å². The van der Waals surface area contributed by atoms with E-state index in [1.54, 1.807) is 42.5 Å². The molecule has 0 spiro atoms. The SMILES string of the molecule is CN(Cc1cc(N)ccc1Cl)S(=O)(=O)c1ccc(Br)cc1. The number of nitrogens with zero attached hydrogens (tertiary/aromatic N) is 1. The molecule has 0 bridgehead atoms. The van der Waals surface area contributed by atoms with Crippen LogP contribution in [0.4, 0.5) is 5.69 Å². The molecule has 0 heterocycles. The molecule has 2 aromatic rings. The van der Waals surface area contributed by atoms with Gasteiger partial charge in [-0.3, -0.25) is 0 Å². The first kappa shape index (κ1) is 16.3. The molecule has 2 N–H and O–H groups in total. The highest BCUT2D eigenvalue weighted by molar-refractivity contribution is 9.10. The summed E-state index contributed by atoms with van der Waals surface area (Å²) in [5.74, 6) is 0. The fraction of sp³-hybridized carbons (Fsp3) is 0.143. The van der Waals surface area contributed by atoms with Crippen LogP contribution >= 0.6 is 27.5 Å². The van der Waals surface area contributed by atoms with E-state index in [0.717, 1.165) is 4.47 Å². The van der Waals surface area contributed by atoms with E-state index >= 15 is 0 Å². The lowest BCUT2D eigenvalue weighted by molar-refractivity contribution is 0.467. The number of sulfonamides is 1. The highest BCUT2D eigenvalue weighted by atomic mass is 79.9. The molecule has 0 aliphatic carbocycles. The third-order valence-electron chi connectivity index (χ3n) is 2.98. The molecule has 7 heteroatoms. The predicted molar refractivity (Wildman–Crippen MR) is 88.7 cm³/mol. The Labute approximate surface area is 137 Å². The largest absolute Gasteiger partial charge is 0.399 e. The second kappa shape index (κ2) is 6.36. The summed E-state index contributed by atoms with van der Waals surface area (Å²) < 4.78 is 27.0. The van der Waals surface area contributed by atoms with Crippen LogP contribution in [0.15, 0.2) is 51.8 Å². The summed E-state index contributed by atoms with van der Waals surface area (Å²) in [5.41, 5.74) is 6.92. The normalized spacial score (nSPS) is 11.8. The molecule has 112 valence electrons. The Morgan fingerprint density at radius 2 is 1.81 bits per heavy atom. The van der Waals surface area contributed by atoms with Gasteiger partial charge in [0.1, 0.15) is 0 Å². The molecule has 0 unspecified atom stereocenters. The summed E-state index contributed by atoms with van der Waals surface area (Å²) in [6, 6.07) is 11.5. The summed E-state index contributed by atoms with van der Waals surface area (Å²) >= 11 is 9.35. The number of rotatable bonds is 4. The van der Waals surface area contributed by atoms with Gasteiger partial charge in [0.2, 0.25) is 10.0 Å². The van der Waals surface area contributed by atoms with Crippen molar-refractivity contribution in [2.24, 2.45) is 0 Å². The molecule has 0 radical (unpaired) electrons. The van der Waals surface area contributed by atoms with E-state index in [9.17, 15) is 8.42 Å². The van der Waals surface area contributed by atoms with Crippen molar-refractivity contribution in [1.29, 1.82) is 0 Å². The first-order valence-corrected chi connectivity index (χ1v) is 8.67. The van der Waals surface area contributed by atoms with Gasteiger partial charge in [-0.2, -0.15) is 4.31 Å². The van der Waals surface area contributed by atoms with Crippen molar-refractivity contribution in [3.05, 3.63) is 57.5 Å². The second-order valence-electron chi connectivity index (χ2n) is 4.57. The molecular weight excluding hydrogens is 376 g/mol. The average molecular weight is 390 g/mol. The number of hydrogen-bond donors (Lipinski definition) is 1. The van der Waals surface area contributed by atoms with Crippen LogP contribution in [-0.4, -0.2) is 19.8 Å². The summed E-state index contributed by atoms with van der Waals surface area (Å²) in [4.78, 5) is 0.230. The summed E-state index contributed by atoms with van der Waals surface area (Å²) in [7, 11) is -2.06. The van der Waals surface area contributed by atoms with Gasteiger partial charge >= 0.3 is 0 Å². The minimum Gasteiger partial charge on any atom is -0.399 e. The Morgan fingerprint density at radius 3 is 2.43 bits per heavy atom. The van der Waals surface area contributed by atoms with Crippen LogP contribution in [0.1, 0.15) is 5.56 Å². The fourth-order valence-electron chi connectivity index (χ4n) is 1.83. The van der Waals surface area contributed by atoms with E-state index in [0.29, 0.717) is 16.3 Å². The predicted octanol–water partition coefficient (Wildman–Crippen LogP) is 3.51. The van der Waals surface area contributed by atoms with E-state index in [1.165, 1.54) is 11.4 Å². The highest BCUT2D eigenvalue weighted by Crippen LogP contribution is 2.24. The van der Waals surface area contributed by atoms with Crippen molar-refractivity contribution < 1.29 is 8.42 Å².